The van der Waals surface area contributed by atoms with Crippen LogP contribution >= 0.6 is 11.6 Å². The van der Waals surface area contributed by atoms with Crippen LogP contribution in [0.15, 0.2) is 42.5 Å². The van der Waals surface area contributed by atoms with E-state index in [1.165, 1.54) is 11.1 Å². The average molecular weight is 262 g/mol. The monoisotopic (exact) mass is 261 g/mol. The minimum absolute atomic E-state index is 0.749. The van der Waals surface area contributed by atoms with E-state index in [0.717, 1.165) is 22.9 Å². The summed E-state index contributed by atoms with van der Waals surface area (Å²) in [6.45, 7) is 0.791. The maximum Gasteiger partial charge on any atom is 0.119 e. The third kappa shape index (κ3) is 2.84. The number of methoxy groups -OCH3 is 1. The molecule has 0 bridgehead atoms. The van der Waals surface area contributed by atoms with Crippen molar-refractivity contribution in [3.63, 3.8) is 0 Å². The maximum absolute atomic E-state index is 6.04. The fourth-order valence-electron chi connectivity index (χ4n) is 1.97. The summed E-state index contributed by atoms with van der Waals surface area (Å²) in [7, 11) is 3.61. The number of hydrogen-bond donors (Lipinski definition) is 1. The Hall–Kier alpha value is -1.51. The zero-order valence-electron chi connectivity index (χ0n) is 10.5. The molecule has 0 aliphatic heterocycles. The lowest BCUT2D eigenvalue weighted by Crippen LogP contribution is -2.06. The summed E-state index contributed by atoms with van der Waals surface area (Å²) in [5.41, 5.74) is 3.49. The summed E-state index contributed by atoms with van der Waals surface area (Å²) in [4.78, 5) is 0. The molecule has 0 saturated carbocycles. The van der Waals surface area contributed by atoms with Crippen LogP contribution < -0.4 is 10.1 Å². The summed E-state index contributed by atoms with van der Waals surface area (Å²) in [6, 6.07) is 14.0. The average Bonchev–Trinajstić information content (AvgIpc) is 2.39. The molecule has 0 atom stereocenters. The van der Waals surface area contributed by atoms with Gasteiger partial charge in [0, 0.05) is 11.6 Å². The molecule has 2 aromatic rings. The van der Waals surface area contributed by atoms with Gasteiger partial charge in [-0.05, 0) is 48.0 Å². The molecule has 0 spiro atoms. The first-order valence-corrected chi connectivity index (χ1v) is 6.20. The molecule has 3 heteroatoms. The first kappa shape index (κ1) is 12.9. The van der Waals surface area contributed by atoms with Gasteiger partial charge in [-0.1, -0.05) is 29.8 Å². The molecule has 94 valence electrons. The second-order valence-electron chi connectivity index (χ2n) is 4.06. The fourth-order valence-corrected chi connectivity index (χ4v) is 2.16. The molecule has 18 heavy (non-hydrogen) atoms. The number of benzene rings is 2. The van der Waals surface area contributed by atoms with Crippen molar-refractivity contribution in [3.8, 4) is 16.9 Å². The van der Waals surface area contributed by atoms with Crippen molar-refractivity contribution >= 4 is 11.6 Å². The molecule has 0 unspecified atom stereocenters. The molecular weight excluding hydrogens is 246 g/mol. The van der Waals surface area contributed by atoms with Gasteiger partial charge in [0.1, 0.15) is 5.75 Å². The standard InChI is InChI=1S/C15H16ClNO/c1-17-10-12-9-14(18-2)6-7-15(12)11-4-3-5-13(16)8-11/h3-9,17H,10H2,1-2H3. The second-order valence-corrected chi connectivity index (χ2v) is 4.50. The van der Waals surface area contributed by atoms with Crippen LogP contribution in [-0.4, -0.2) is 14.2 Å². The normalized spacial score (nSPS) is 10.4. The van der Waals surface area contributed by atoms with E-state index in [1.807, 2.05) is 37.4 Å². The van der Waals surface area contributed by atoms with Crippen LogP contribution in [-0.2, 0) is 6.54 Å². The van der Waals surface area contributed by atoms with Gasteiger partial charge < -0.3 is 10.1 Å². The van der Waals surface area contributed by atoms with Gasteiger partial charge >= 0.3 is 0 Å². The van der Waals surface area contributed by atoms with Crippen LogP contribution in [0, 0.1) is 0 Å². The van der Waals surface area contributed by atoms with Gasteiger partial charge in [-0.3, -0.25) is 0 Å². The highest BCUT2D eigenvalue weighted by Gasteiger charge is 2.06. The molecule has 0 amide bonds. The van der Waals surface area contributed by atoms with Gasteiger partial charge in [0.05, 0.1) is 7.11 Å². The Labute approximate surface area is 113 Å². The highest BCUT2D eigenvalue weighted by Crippen LogP contribution is 2.29. The van der Waals surface area contributed by atoms with E-state index in [-0.39, 0.29) is 0 Å². The minimum atomic E-state index is 0.749. The Morgan fingerprint density at radius 1 is 1.17 bits per heavy atom. The second kappa shape index (κ2) is 5.89. The Balaban J connectivity index is 2.49. The number of rotatable bonds is 4. The summed E-state index contributed by atoms with van der Waals surface area (Å²) >= 11 is 6.04. The minimum Gasteiger partial charge on any atom is -0.497 e. The van der Waals surface area contributed by atoms with Crippen molar-refractivity contribution in [2.45, 2.75) is 6.54 Å². The third-order valence-corrected chi connectivity index (χ3v) is 3.05. The fraction of sp³-hybridized carbons (Fsp3) is 0.200. The summed E-state index contributed by atoms with van der Waals surface area (Å²) in [6.07, 6.45) is 0. The zero-order valence-corrected chi connectivity index (χ0v) is 11.3. The van der Waals surface area contributed by atoms with Crippen LogP contribution in [0.4, 0.5) is 0 Å². The lowest BCUT2D eigenvalue weighted by atomic mass is 9.99. The van der Waals surface area contributed by atoms with Crippen molar-refractivity contribution in [3.05, 3.63) is 53.1 Å². The molecule has 2 aromatic carbocycles. The molecule has 0 aromatic heterocycles. The predicted octanol–water partition coefficient (Wildman–Crippen LogP) is 3.74. The zero-order chi connectivity index (χ0) is 13.0. The molecule has 0 aliphatic carbocycles. The Morgan fingerprint density at radius 2 is 2.00 bits per heavy atom. The van der Waals surface area contributed by atoms with Gasteiger partial charge in [-0.15, -0.1) is 0 Å². The Kier molecular flexibility index (Phi) is 4.24. The molecular formula is C15H16ClNO. The number of ether oxygens (including phenoxy) is 1. The van der Waals surface area contributed by atoms with Crippen LogP contribution in [0.1, 0.15) is 5.56 Å². The SMILES string of the molecule is CNCc1cc(OC)ccc1-c1cccc(Cl)c1. The highest BCUT2D eigenvalue weighted by molar-refractivity contribution is 6.30. The van der Waals surface area contributed by atoms with E-state index in [0.29, 0.717) is 0 Å². The quantitative estimate of drug-likeness (QED) is 0.905. The molecule has 1 N–H and O–H groups in total. The predicted molar refractivity (Wildman–Crippen MR) is 76.2 cm³/mol. The van der Waals surface area contributed by atoms with Crippen LogP contribution in [0.2, 0.25) is 5.02 Å². The van der Waals surface area contributed by atoms with Gasteiger partial charge in [-0.25, -0.2) is 0 Å². The van der Waals surface area contributed by atoms with Crippen LogP contribution in [0.25, 0.3) is 11.1 Å². The molecule has 2 rings (SSSR count). The Morgan fingerprint density at radius 3 is 2.67 bits per heavy atom. The van der Waals surface area contributed by atoms with E-state index < -0.39 is 0 Å². The van der Waals surface area contributed by atoms with E-state index in [9.17, 15) is 0 Å². The molecule has 0 saturated heterocycles. The number of nitrogens with one attached hydrogen (secondary N) is 1. The van der Waals surface area contributed by atoms with Gasteiger partial charge in [0.2, 0.25) is 0 Å². The maximum atomic E-state index is 6.04. The summed E-state index contributed by atoms with van der Waals surface area (Å²) < 4.78 is 5.26. The van der Waals surface area contributed by atoms with E-state index in [2.05, 4.69) is 17.4 Å². The molecule has 0 heterocycles. The van der Waals surface area contributed by atoms with Crippen LogP contribution in [0.5, 0.6) is 5.75 Å². The largest absolute Gasteiger partial charge is 0.497 e. The van der Waals surface area contributed by atoms with E-state index in [4.69, 9.17) is 16.3 Å². The lowest BCUT2D eigenvalue weighted by molar-refractivity contribution is 0.414. The van der Waals surface area contributed by atoms with Gasteiger partial charge in [0.15, 0.2) is 0 Å². The van der Waals surface area contributed by atoms with Crippen molar-refractivity contribution in [1.29, 1.82) is 0 Å². The molecule has 0 radical (unpaired) electrons. The van der Waals surface area contributed by atoms with Crippen LogP contribution in [0.3, 0.4) is 0 Å². The first-order valence-electron chi connectivity index (χ1n) is 5.82. The molecule has 0 aliphatic rings. The lowest BCUT2D eigenvalue weighted by Gasteiger charge is -2.11. The van der Waals surface area contributed by atoms with Crippen molar-refractivity contribution in [2.24, 2.45) is 0 Å². The van der Waals surface area contributed by atoms with E-state index in [1.54, 1.807) is 7.11 Å². The van der Waals surface area contributed by atoms with Crippen molar-refractivity contribution < 1.29 is 4.74 Å². The van der Waals surface area contributed by atoms with Crippen molar-refractivity contribution in [2.75, 3.05) is 14.2 Å². The topological polar surface area (TPSA) is 21.3 Å². The Bertz CT molecular complexity index is 540. The number of hydrogen-bond acceptors (Lipinski definition) is 2. The van der Waals surface area contributed by atoms with Gasteiger partial charge in [-0.2, -0.15) is 0 Å². The van der Waals surface area contributed by atoms with E-state index >= 15 is 0 Å². The van der Waals surface area contributed by atoms with Gasteiger partial charge in [0.25, 0.3) is 0 Å². The summed E-state index contributed by atoms with van der Waals surface area (Å²) in [5.74, 6) is 0.867. The highest BCUT2D eigenvalue weighted by atomic mass is 35.5. The number of halogens is 1. The first-order chi connectivity index (χ1) is 8.74. The molecule has 0 fully saturated rings. The summed E-state index contributed by atoms with van der Waals surface area (Å²) in [5, 5.41) is 3.92. The van der Waals surface area contributed by atoms with Crippen molar-refractivity contribution in [1.82, 2.24) is 5.32 Å². The smallest absolute Gasteiger partial charge is 0.119 e. The molecule has 2 nitrogen and oxygen atoms in total. The third-order valence-electron chi connectivity index (χ3n) is 2.82.